The van der Waals surface area contributed by atoms with Gasteiger partial charge in [0.1, 0.15) is 11.9 Å². The van der Waals surface area contributed by atoms with Gasteiger partial charge in [-0.15, -0.1) is 0 Å². The van der Waals surface area contributed by atoms with Gasteiger partial charge in [0.05, 0.1) is 27.8 Å². The van der Waals surface area contributed by atoms with E-state index in [0.29, 0.717) is 0 Å². The van der Waals surface area contributed by atoms with Crippen LogP contribution < -0.4 is 4.74 Å². The van der Waals surface area contributed by atoms with Crippen LogP contribution in [-0.2, 0) is 0 Å². The molecule has 2 aromatic heterocycles. The molecule has 0 N–H and O–H groups in total. The number of aromatic nitrogens is 2. The van der Waals surface area contributed by atoms with E-state index in [-0.39, 0.29) is 12.0 Å². The van der Waals surface area contributed by atoms with E-state index in [4.69, 9.17) is 4.74 Å². The summed E-state index contributed by atoms with van der Waals surface area (Å²) in [6.07, 6.45) is 8.70. The van der Waals surface area contributed by atoms with E-state index < -0.39 is 0 Å². The third-order valence-corrected chi connectivity index (χ3v) is 10.8. The molecule has 11 rings (SSSR count). The van der Waals surface area contributed by atoms with Gasteiger partial charge in [-0.3, -0.25) is 0 Å². The van der Waals surface area contributed by atoms with Crippen molar-refractivity contribution < 1.29 is 4.74 Å². The molecule has 3 heteroatoms. The number of benzene rings is 7. The standard InChI is InChI=1S/C48H32N2O/c1-2-13-31(14-3-1)32-15-10-16-33(29-32)34-17-11-18-35(30-34)49-40-23-7-4-20-38(40)46-42(49)27-28-43-47(46)39-21-5-8-24-41(39)50(43)44-25-12-22-37-36-19-6-9-26-45(36)51-48(37)44/h1-30,36,45H. The summed E-state index contributed by atoms with van der Waals surface area (Å²) in [5, 5.41) is 5.01. The minimum Gasteiger partial charge on any atom is -0.483 e. The van der Waals surface area contributed by atoms with Crippen molar-refractivity contribution in [3.8, 4) is 39.4 Å². The second-order valence-electron chi connectivity index (χ2n) is 13.6. The molecule has 7 aromatic carbocycles. The number of nitrogens with zero attached hydrogens (tertiary/aromatic N) is 2. The fourth-order valence-electron chi connectivity index (χ4n) is 8.61. The lowest BCUT2D eigenvalue weighted by Gasteiger charge is -2.14. The normalized spacial score (nSPS) is 16.2. The Bertz CT molecular complexity index is 2900. The van der Waals surface area contributed by atoms with Gasteiger partial charge < -0.3 is 13.9 Å². The minimum atomic E-state index is 0.0282. The van der Waals surface area contributed by atoms with Crippen LogP contribution in [-0.4, -0.2) is 15.2 Å². The molecule has 0 radical (unpaired) electrons. The summed E-state index contributed by atoms with van der Waals surface area (Å²) in [5.41, 5.74) is 13.0. The summed E-state index contributed by atoms with van der Waals surface area (Å²) in [4.78, 5) is 0. The molecule has 2 unspecified atom stereocenters. The lowest BCUT2D eigenvalue weighted by molar-refractivity contribution is 0.268. The molecular weight excluding hydrogens is 621 g/mol. The Morgan fingerprint density at radius 1 is 0.431 bits per heavy atom. The summed E-state index contributed by atoms with van der Waals surface area (Å²) < 4.78 is 11.6. The minimum absolute atomic E-state index is 0.0282. The molecule has 240 valence electrons. The van der Waals surface area contributed by atoms with Crippen LogP contribution >= 0.6 is 0 Å². The first-order valence-corrected chi connectivity index (χ1v) is 17.7. The van der Waals surface area contributed by atoms with Crippen molar-refractivity contribution in [3.63, 3.8) is 0 Å². The van der Waals surface area contributed by atoms with Crippen molar-refractivity contribution in [1.29, 1.82) is 0 Å². The van der Waals surface area contributed by atoms with Crippen LogP contribution in [0.3, 0.4) is 0 Å². The molecule has 51 heavy (non-hydrogen) atoms. The fourth-order valence-corrected chi connectivity index (χ4v) is 8.61. The van der Waals surface area contributed by atoms with Gasteiger partial charge in [0.25, 0.3) is 0 Å². The molecule has 0 saturated heterocycles. The smallest absolute Gasteiger partial charge is 0.148 e. The molecule has 0 bridgehead atoms. The largest absolute Gasteiger partial charge is 0.483 e. The molecule has 1 aliphatic heterocycles. The maximum absolute atomic E-state index is 6.70. The van der Waals surface area contributed by atoms with Crippen LogP contribution in [0.2, 0.25) is 0 Å². The first-order chi connectivity index (χ1) is 25.3. The SMILES string of the molecule is C1=CC2Oc3c(cccc3-n3c4ccccc4c4c5c6ccccc6n(-c6cccc(-c7cccc(-c8ccccc8)c7)c6)c5ccc43)C2C=C1. The highest BCUT2D eigenvalue weighted by Gasteiger charge is 2.34. The van der Waals surface area contributed by atoms with Gasteiger partial charge in [-0.1, -0.05) is 127 Å². The molecule has 3 heterocycles. The number of hydrogen-bond acceptors (Lipinski definition) is 1. The Morgan fingerprint density at radius 2 is 1.02 bits per heavy atom. The quantitative estimate of drug-likeness (QED) is 0.185. The number of hydrogen-bond donors (Lipinski definition) is 0. The summed E-state index contributed by atoms with van der Waals surface area (Å²) in [7, 11) is 0. The molecule has 9 aromatic rings. The molecular formula is C48H32N2O. The van der Waals surface area contributed by atoms with Crippen molar-refractivity contribution in [1.82, 2.24) is 9.13 Å². The third kappa shape index (κ3) is 4.18. The summed E-state index contributed by atoms with van der Waals surface area (Å²) in [5.74, 6) is 1.21. The Morgan fingerprint density at radius 3 is 1.80 bits per heavy atom. The van der Waals surface area contributed by atoms with E-state index in [1.165, 1.54) is 71.4 Å². The van der Waals surface area contributed by atoms with Crippen molar-refractivity contribution >= 4 is 43.6 Å². The van der Waals surface area contributed by atoms with Crippen molar-refractivity contribution in [2.24, 2.45) is 0 Å². The molecule has 2 atom stereocenters. The number of para-hydroxylation sites is 3. The molecule has 1 aliphatic carbocycles. The highest BCUT2D eigenvalue weighted by atomic mass is 16.5. The zero-order valence-electron chi connectivity index (χ0n) is 27.8. The summed E-state index contributed by atoms with van der Waals surface area (Å²) in [6, 6.07) is 57.3. The average Bonchev–Trinajstić information content (AvgIpc) is 3.86. The van der Waals surface area contributed by atoms with Gasteiger partial charge in [0.15, 0.2) is 0 Å². The van der Waals surface area contributed by atoms with Crippen LogP contribution in [0.15, 0.2) is 182 Å². The van der Waals surface area contributed by atoms with Crippen LogP contribution in [0.1, 0.15) is 11.5 Å². The fraction of sp³-hybridized carbons (Fsp3) is 0.0417. The van der Waals surface area contributed by atoms with E-state index in [1.54, 1.807) is 0 Å². The van der Waals surface area contributed by atoms with Gasteiger partial charge in [0, 0.05) is 38.7 Å². The number of ether oxygens (including phenoxy) is 1. The first-order valence-electron chi connectivity index (χ1n) is 17.7. The molecule has 0 fully saturated rings. The second-order valence-corrected chi connectivity index (χ2v) is 13.6. The van der Waals surface area contributed by atoms with Gasteiger partial charge in [-0.05, 0) is 76.9 Å². The zero-order chi connectivity index (χ0) is 33.5. The van der Waals surface area contributed by atoms with E-state index in [1.807, 2.05) is 0 Å². The maximum atomic E-state index is 6.70. The predicted octanol–water partition coefficient (Wildman–Crippen LogP) is 12.2. The molecule has 3 nitrogen and oxygen atoms in total. The maximum Gasteiger partial charge on any atom is 0.148 e. The summed E-state index contributed by atoms with van der Waals surface area (Å²) >= 11 is 0. The monoisotopic (exact) mass is 652 g/mol. The Hall–Kier alpha value is -6.58. The first kappa shape index (κ1) is 28.3. The zero-order valence-corrected chi connectivity index (χ0v) is 27.8. The third-order valence-electron chi connectivity index (χ3n) is 10.8. The van der Waals surface area contributed by atoms with Crippen molar-refractivity contribution in [3.05, 3.63) is 188 Å². The van der Waals surface area contributed by atoms with Crippen LogP contribution in [0, 0.1) is 0 Å². The van der Waals surface area contributed by atoms with Gasteiger partial charge in [-0.25, -0.2) is 0 Å². The Balaban J connectivity index is 1.14. The lowest BCUT2D eigenvalue weighted by atomic mass is 9.92. The van der Waals surface area contributed by atoms with E-state index in [9.17, 15) is 0 Å². The van der Waals surface area contributed by atoms with Crippen LogP contribution in [0.5, 0.6) is 5.75 Å². The highest BCUT2D eigenvalue weighted by molar-refractivity contribution is 6.29. The van der Waals surface area contributed by atoms with E-state index in [2.05, 4.69) is 191 Å². The van der Waals surface area contributed by atoms with E-state index >= 15 is 0 Å². The molecule has 0 spiro atoms. The van der Waals surface area contributed by atoms with Gasteiger partial charge in [0.2, 0.25) is 0 Å². The number of fused-ring (bicyclic) bond motifs is 10. The lowest BCUT2D eigenvalue weighted by Crippen LogP contribution is -2.15. The number of rotatable bonds is 4. The summed E-state index contributed by atoms with van der Waals surface area (Å²) in [6.45, 7) is 0. The molecule has 2 aliphatic rings. The van der Waals surface area contributed by atoms with Crippen LogP contribution in [0.4, 0.5) is 0 Å². The highest BCUT2D eigenvalue weighted by Crippen LogP contribution is 2.48. The second kappa shape index (κ2) is 11.0. The average molecular weight is 653 g/mol. The molecule has 0 amide bonds. The van der Waals surface area contributed by atoms with Gasteiger partial charge >= 0.3 is 0 Å². The predicted molar refractivity (Wildman–Crippen MR) is 211 cm³/mol. The molecule has 0 saturated carbocycles. The van der Waals surface area contributed by atoms with Gasteiger partial charge in [-0.2, -0.15) is 0 Å². The topological polar surface area (TPSA) is 19.1 Å². The van der Waals surface area contributed by atoms with Crippen molar-refractivity contribution in [2.45, 2.75) is 12.0 Å². The Labute approximate surface area is 295 Å². The number of allylic oxidation sites excluding steroid dienone is 2. The van der Waals surface area contributed by atoms with Crippen molar-refractivity contribution in [2.75, 3.05) is 0 Å². The van der Waals surface area contributed by atoms with Crippen LogP contribution in [0.25, 0.3) is 77.2 Å². The van der Waals surface area contributed by atoms with E-state index in [0.717, 1.165) is 17.1 Å². The Kier molecular flexibility index (Phi) is 6.08.